The fraction of sp³-hybridized carbons (Fsp3) is 0.933. The summed E-state index contributed by atoms with van der Waals surface area (Å²) in [5.74, 6) is 1.17. The van der Waals surface area contributed by atoms with Crippen LogP contribution in [0.15, 0.2) is 0 Å². The molecule has 0 spiro atoms. The summed E-state index contributed by atoms with van der Waals surface area (Å²) >= 11 is 0. The molecule has 1 saturated heterocycles. The summed E-state index contributed by atoms with van der Waals surface area (Å²) < 4.78 is 0. The van der Waals surface area contributed by atoms with E-state index in [1.807, 2.05) is 0 Å². The molecule has 1 heterocycles. The zero-order valence-corrected chi connectivity index (χ0v) is 13.2. The largest absolute Gasteiger partial charge is 0.353 e. The fourth-order valence-electron chi connectivity index (χ4n) is 3.32. The summed E-state index contributed by atoms with van der Waals surface area (Å²) in [5, 5.41) is 6.64. The van der Waals surface area contributed by atoms with Crippen LogP contribution in [0, 0.1) is 11.3 Å². The van der Waals surface area contributed by atoms with Gasteiger partial charge in [0.15, 0.2) is 0 Å². The predicted octanol–water partition coefficient (Wildman–Crippen LogP) is 2.88. The molecule has 112 valence electrons. The van der Waals surface area contributed by atoms with Crippen LogP contribution in [0.4, 0.5) is 0 Å². The van der Waals surface area contributed by atoms with E-state index in [0.29, 0.717) is 6.04 Å². The van der Waals surface area contributed by atoms with Crippen LogP contribution in [-0.2, 0) is 4.79 Å². The first-order chi connectivity index (χ1) is 8.64. The van der Waals surface area contributed by atoms with Gasteiger partial charge in [-0.2, -0.15) is 0 Å². The van der Waals surface area contributed by atoms with Crippen molar-refractivity contribution in [2.45, 2.75) is 64.8 Å². The molecule has 2 aliphatic rings. The Morgan fingerprint density at radius 1 is 1.32 bits per heavy atom. The molecule has 2 N–H and O–H groups in total. The molecule has 4 heteroatoms. The average Bonchev–Trinajstić information content (AvgIpc) is 2.40. The van der Waals surface area contributed by atoms with Gasteiger partial charge in [0.2, 0.25) is 5.91 Å². The molecule has 0 aromatic rings. The maximum Gasteiger partial charge on any atom is 0.227 e. The molecule has 1 aliphatic carbocycles. The van der Waals surface area contributed by atoms with Crippen molar-refractivity contribution in [1.29, 1.82) is 0 Å². The Hall–Kier alpha value is -0.280. The Bertz CT molecular complexity index is 282. The third kappa shape index (κ3) is 4.35. The van der Waals surface area contributed by atoms with Gasteiger partial charge in [0.25, 0.3) is 0 Å². The molecule has 0 aromatic carbocycles. The van der Waals surface area contributed by atoms with Gasteiger partial charge >= 0.3 is 0 Å². The van der Waals surface area contributed by atoms with Gasteiger partial charge in [-0.15, -0.1) is 12.4 Å². The van der Waals surface area contributed by atoms with E-state index >= 15 is 0 Å². The predicted molar refractivity (Wildman–Crippen MR) is 81.6 cm³/mol. The summed E-state index contributed by atoms with van der Waals surface area (Å²) in [6.45, 7) is 6.28. The van der Waals surface area contributed by atoms with Gasteiger partial charge < -0.3 is 10.6 Å². The summed E-state index contributed by atoms with van der Waals surface area (Å²) in [7, 11) is 0. The first-order valence-corrected chi connectivity index (χ1v) is 7.66. The lowest BCUT2D eigenvalue weighted by Crippen LogP contribution is -2.51. The lowest BCUT2D eigenvalue weighted by Gasteiger charge is -2.36. The summed E-state index contributed by atoms with van der Waals surface area (Å²) in [5.41, 5.74) is -0.181. The molecule has 1 unspecified atom stereocenters. The van der Waals surface area contributed by atoms with E-state index in [1.165, 1.54) is 32.1 Å². The van der Waals surface area contributed by atoms with Gasteiger partial charge in [-0.3, -0.25) is 4.79 Å². The molecule has 3 nitrogen and oxygen atoms in total. The molecule has 1 aliphatic heterocycles. The molecule has 2 fully saturated rings. The zero-order chi connectivity index (χ0) is 13.0. The van der Waals surface area contributed by atoms with Gasteiger partial charge in [0.05, 0.1) is 5.41 Å². The summed E-state index contributed by atoms with van der Waals surface area (Å²) in [6.07, 6.45) is 8.36. The topological polar surface area (TPSA) is 41.1 Å². The Labute approximate surface area is 123 Å². The van der Waals surface area contributed by atoms with Crippen molar-refractivity contribution < 1.29 is 4.79 Å². The molecule has 2 rings (SSSR count). The smallest absolute Gasteiger partial charge is 0.227 e. The molecular weight excluding hydrogens is 260 g/mol. The van der Waals surface area contributed by atoms with Gasteiger partial charge in [-0.25, -0.2) is 0 Å². The number of hydrogen-bond donors (Lipinski definition) is 2. The zero-order valence-electron chi connectivity index (χ0n) is 12.3. The number of carbonyl (C=O) groups is 1. The van der Waals surface area contributed by atoms with Crippen molar-refractivity contribution >= 4 is 18.3 Å². The minimum absolute atomic E-state index is 0. The quantitative estimate of drug-likeness (QED) is 0.838. The van der Waals surface area contributed by atoms with Crippen LogP contribution in [-0.4, -0.2) is 25.0 Å². The van der Waals surface area contributed by atoms with E-state index in [2.05, 4.69) is 24.5 Å². The SMILES string of the molecule is CCC1CCC(NC(=O)C2(C)CCCNC2)CC1.Cl. The van der Waals surface area contributed by atoms with E-state index in [0.717, 1.165) is 31.8 Å². The first-order valence-electron chi connectivity index (χ1n) is 7.66. The van der Waals surface area contributed by atoms with E-state index in [4.69, 9.17) is 0 Å². The Morgan fingerprint density at radius 2 is 2.00 bits per heavy atom. The molecular formula is C15H29ClN2O. The maximum atomic E-state index is 12.4. The highest BCUT2D eigenvalue weighted by Crippen LogP contribution is 2.29. The number of hydrogen-bond acceptors (Lipinski definition) is 2. The highest BCUT2D eigenvalue weighted by molar-refractivity contribution is 5.85. The van der Waals surface area contributed by atoms with Crippen LogP contribution in [0.25, 0.3) is 0 Å². The van der Waals surface area contributed by atoms with Gasteiger partial charge in [0.1, 0.15) is 0 Å². The van der Waals surface area contributed by atoms with Crippen LogP contribution >= 0.6 is 12.4 Å². The molecule has 1 atom stereocenters. The third-order valence-electron chi connectivity index (χ3n) is 4.90. The van der Waals surface area contributed by atoms with Crippen molar-refractivity contribution in [2.24, 2.45) is 11.3 Å². The highest BCUT2D eigenvalue weighted by Gasteiger charge is 2.36. The van der Waals surface area contributed by atoms with Gasteiger partial charge in [0, 0.05) is 12.6 Å². The monoisotopic (exact) mass is 288 g/mol. The van der Waals surface area contributed by atoms with Crippen LogP contribution in [0.5, 0.6) is 0 Å². The molecule has 0 aromatic heterocycles. The number of halogens is 1. The molecule has 0 bridgehead atoms. The number of carbonyl (C=O) groups excluding carboxylic acids is 1. The van der Waals surface area contributed by atoms with Crippen LogP contribution < -0.4 is 10.6 Å². The Balaban J connectivity index is 0.00000180. The van der Waals surface area contributed by atoms with E-state index in [1.54, 1.807) is 0 Å². The van der Waals surface area contributed by atoms with E-state index in [-0.39, 0.29) is 23.7 Å². The van der Waals surface area contributed by atoms with Crippen molar-refractivity contribution in [2.75, 3.05) is 13.1 Å². The summed E-state index contributed by atoms with van der Waals surface area (Å²) in [4.78, 5) is 12.4. The van der Waals surface area contributed by atoms with Crippen molar-refractivity contribution in [1.82, 2.24) is 10.6 Å². The summed E-state index contributed by atoms with van der Waals surface area (Å²) in [6, 6.07) is 0.430. The van der Waals surface area contributed by atoms with Crippen molar-refractivity contribution in [3.05, 3.63) is 0 Å². The minimum atomic E-state index is -0.181. The first kappa shape index (κ1) is 16.8. The fourth-order valence-corrected chi connectivity index (χ4v) is 3.32. The van der Waals surface area contributed by atoms with Gasteiger partial charge in [-0.1, -0.05) is 13.3 Å². The Morgan fingerprint density at radius 3 is 2.53 bits per heavy atom. The molecule has 19 heavy (non-hydrogen) atoms. The second-order valence-corrected chi connectivity index (χ2v) is 6.44. The molecule has 1 saturated carbocycles. The number of nitrogens with one attached hydrogen (secondary N) is 2. The van der Waals surface area contributed by atoms with Crippen LogP contribution in [0.2, 0.25) is 0 Å². The number of amides is 1. The van der Waals surface area contributed by atoms with E-state index in [9.17, 15) is 4.79 Å². The van der Waals surface area contributed by atoms with Gasteiger partial charge in [-0.05, 0) is 57.9 Å². The maximum absolute atomic E-state index is 12.4. The second kappa shape index (κ2) is 7.49. The average molecular weight is 289 g/mol. The molecule has 0 radical (unpaired) electrons. The van der Waals surface area contributed by atoms with Crippen molar-refractivity contribution in [3.8, 4) is 0 Å². The molecule has 1 amide bonds. The standard InChI is InChI=1S/C15H28N2O.ClH/c1-3-12-5-7-13(8-6-12)17-14(18)15(2)9-4-10-16-11-15;/h12-13,16H,3-11H2,1-2H3,(H,17,18);1H. The lowest BCUT2D eigenvalue weighted by atomic mass is 9.80. The number of piperidine rings is 1. The normalized spacial score (nSPS) is 35.3. The Kier molecular flexibility index (Phi) is 6.61. The van der Waals surface area contributed by atoms with E-state index < -0.39 is 0 Å². The lowest BCUT2D eigenvalue weighted by molar-refractivity contribution is -0.132. The highest BCUT2D eigenvalue weighted by atomic mass is 35.5. The number of rotatable bonds is 3. The van der Waals surface area contributed by atoms with Crippen LogP contribution in [0.3, 0.4) is 0 Å². The third-order valence-corrected chi connectivity index (χ3v) is 4.90. The van der Waals surface area contributed by atoms with Crippen molar-refractivity contribution in [3.63, 3.8) is 0 Å². The minimum Gasteiger partial charge on any atom is -0.353 e. The second-order valence-electron chi connectivity index (χ2n) is 6.44. The van der Waals surface area contributed by atoms with Crippen LogP contribution in [0.1, 0.15) is 58.8 Å².